The predicted octanol–water partition coefficient (Wildman–Crippen LogP) is 3.14. The Bertz CT molecular complexity index is 350. The SMILES string of the molecule is Nc1ccc(OC2CCC2)c(C(F)F)c1. The first kappa shape index (κ1) is 10.2. The van der Waals surface area contributed by atoms with Crippen LogP contribution in [-0.4, -0.2) is 6.10 Å². The fraction of sp³-hybridized carbons (Fsp3) is 0.455. The van der Waals surface area contributed by atoms with E-state index in [1.807, 2.05) is 0 Å². The van der Waals surface area contributed by atoms with E-state index in [1.54, 1.807) is 6.07 Å². The maximum absolute atomic E-state index is 12.6. The zero-order valence-electron chi connectivity index (χ0n) is 8.25. The first-order valence-corrected chi connectivity index (χ1v) is 5.01. The van der Waals surface area contributed by atoms with Crippen LogP contribution in [0.25, 0.3) is 0 Å². The molecule has 15 heavy (non-hydrogen) atoms. The standard InChI is InChI=1S/C11H13F2NO/c12-11(13)9-6-7(14)4-5-10(9)15-8-2-1-3-8/h4-6,8,11H,1-3,14H2. The number of anilines is 1. The van der Waals surface area contributed by atoms with E-state index >= 15 is 0 Å². The van der Waals surface area contributed by atoms with Gasteiger partial charge in [-0.25, -0.2) is 8.78 Å². The number of nitrogen functional groups attached to an aromatic ring is 1. The molecule has 2 rings (SSSR count). The summed E-state index contributed by atoms with van der Waals surface area (Å²) in [5.41, 5.74) is 5.68. The first-order chi connectivity index (χ1) is 7.16. The summed E-state index contributed by atoms with van der Waals surface area (Å²) in [6.45, 7) is 0. The second-order valence-corrected chi connectivity index (χ2v) is 3.77. The van der Waals surface area contributed by atoms with Crippen LogP contribution in [0.1, 0.15) is 31.3 Å². The van der Waals surface area contributed by atoms with E-state index in [1.165, 1.54) is 12.1 Å². The second-order valence-electron chi connectivity index (χ2n) is 3.77. The molecule has 4 heteroatoms. The number of hydrogen-bond donors (Lipinski definition) is 1. The molecule has 1 aromatic rings. The zero-order valence-corrected chi connectivity index (χ0v) is 8.25. The van der Waals surface area contributed by atoms with Gasteiger partial charge in [-0.2, -0.15) is 0 Å². The van der Waals surface area contributed by atoms with Gasteiger partial charge < -0.3 is 10.5 Å². The minimum atomic E-state index is -2.54. The quantitative estimate of drug-likeness (QED) is 0.783. The van der Waals surface area contributed by atoms with E-state index in [9.17, 15) is 8.78 Å². The largest absolute Gasteiger partial charge is 0.490 e. The highest BCUT2D eigenvalue weighted by Gasteiger charge is 2.22. The molecule has 1 fully saturated rings. The Balaban J connectivity index is 2.20. The third kappa shape index (κ3) is 2.19. The van der Waals surface area contributed by atoms with Crippen LogP contribution < -0.4 is 10.5 Å². The lowest BCUT2D eigenvalue weighted by Crippen LogP contribution is -2.25. The second kappa shape index (κ2) is 4.04. The van der Waals surface area contributed by atoms with Crippen LogP contribution in [0.4, 0.5) is 14.5 Å². The molecule has 0 spiro atoms. The molecule has 2 N–H and O–H groups in total. The number of benzene rings is 1. The lowest BCUT2D eigenvalue weighted by molar-refractivity contribution is 0.104. The summed E-state index contributed by atoms with van der Waals surface area (Å²) in [5, 5.41) is 0. The molecule has 0 amide bonds. The summed E-state index contributed by atoms with van der Waals surface area (Å²) in [7, 11) is 0. The number of alkyl halides is 2. The van der Waals surface area contributed by atoms with Crippen molar-refractivity contribution in [2.45, 2.75) is 31.8 Å². The Labute approximate surface area is 87.0 Å². The maximum atomic E-state index is 12.6. The van der Waals surface area contributed by atoms with Crippen molar-refractivity contribution in [3.05, 3.63) is 23.8 Å². The number of halogens is 2. The summed E-state index contributed by atoms with van der Waals surface area (Å²) in [6.07, 6.45) is 0.582. The fourth-order valence-electron chi connectivity index (χ4n) is 1.51. The molecule has 1 saturated carbocycles. The molecule has 0 unspecified atom stereocenters. The Morgan fingerprint density at radius 3 is 2.60 bits per heavy atom. The van der Waals surface area contributed by atoms with Gasteiger partial charge in [0.15, 0.2) is 0 Å². The number of ether oxygens (including phenoxy) is 1. The highest BCUT2D eigenvalue weighted by molar-refractivity contribution is 5.48. The smallest absolute Gasteiger partial charge is 0.267 e. The third-order valence-corrected chi connectivity index (χ3v) is 2.61. The molecule has 2 nitrogen and oxygen atoms in total. The van der Waals surface area contributed by atoms with Crippen LogP contribution in [0.2, 0.25) is 0 Å². The van der Waals surface area contributed by atoms with Crippen LogP contribution in [-0.2, 0) is 0 Å². The molecule has 0 atom stereocenters. The van der Waals surface area contributed by atoms with Crippen molar-refractivity contribution in [2.24, 2.45) is 0 Å². The van der Waals surface area contributed by atoms with Crippen molar-refractivity contribution >= 4 is 5.69 Å². The monoisotopic (exact) mass is 213 g/mol. The van der Waals surface area contributed by atoms with E-state index < -0.39 is 6.43 Å². The molecule has 1 aliphatic rings. The highest BCUT2D eigenvalue weighted by Crippen LogP contribution is 2.34. The summed E-state index contributed by atoms with van der Waals surface area (Å²) in [4.78, 5) is 0. The molecule has 0 heterocycles. The lowest BCUT2D eigenvalue weighted by atomic mass is 9.96. The van der Waals surface area contributed by atoms with Crippen LogP contribution >= 0.6 is 0 Å². The molecule has 1 aromatic carbocycles. The predicted molar refractivity (Wildman–Crippen MR) is 54.1 cm³/mol. The minimum absolute atomic E-state index is 0.103. The Kier molecular flexibility index (Phi) is 2.75. The van der Waals surface area contributed by atoms with E-state index in [2.05, 4.69) is 0 Å². The number of rotatable bonds is 3. The lowest BCUT2D eigenvalue weighted by Gasteiger charge is -2.27. The topological polar surface area (TPSA) is 35.2 Å². The van der Waals surface area contributed by atoms with E-state index in [-0.39, 0.29) is 17.4 Å². The van der Waals surface area contributed by atoms with Crippen LogP contribution in [0.15, 0.2) is 18.2 Å². The van der Waals surface area contributed by atoms with Crippen molar-refractivity contribution in [1.82, 2.24) is 0 Å². The number of nitrogens with two attached hydrogens (primary N) is 1. The Hall–Kier alpha value is -1.32. The van der Waals surface area contributed by atoms with E-state index in [0.717, 1.165) is 19.3 Å². The van der Waals surface area contributed by atoms with E-state index in [0.29, 0.717) is 5.69 Å². The van der Waals surface area contributed by atoms with Gasteiger partial charge in [0.2, 0.25) is 0 Å². The average Bonchev–Trinajstić information content (AvgIpc) is 2.12. The molecule has 0 radical (unpaired) electrons. The van der Waals surface area contributed by atoms with Gasteiger partial charge in [-0.3, -0.25) is 0 Å². The van der Waals surface area contributed by atoms with Gasteiger partial charge in [-0.1, -0.05) is 0 Å². The van der Waals surface area contributed by atoms with Gasteiger partial charge in [-0.15, -0.1) is 0 Å². The molecule has 0 aromatic heterocycles. The average molecular weight is 213 g/mol. The zero-order chi connectivity index (χ0) is 10.8. The first-order valence-electron chi connectivity index (χ1n) is 5.01. The molecular formula is C11H13F2NO. The number of hydrogen-bond acceptors (Lipinski definition) is 2. The summed E-state index contributed by atoms with van der Waals surface area (Å²) in [6, 6.07) is 4.38. The van der Waals surface area contributed by atoms with E-state index in [4.69, 9.17) is 10.5 Å². The van der Waals surface area contributed by atoms with Gasteiger partial charge in [0.25, 0.3) is 6.43 Å². The third-order valence-electron chi connectivity index (χ3n) is 2.61. The molecular weight excluding hydrogens is 200 g/mol. The highest BCUT2D eigenvalue weighted by atomic mass is 19.3. The van der Waals surface area contributed by atoms with Crippen molar-refractivity contribution in [3.63, 3.8) is 0 Å². The molecule has 1 aliphatic carbocycles. The van der Waals surface area contributed by atoms with Crippen molar-refractivity contribution in [1.29, 1.82) is 0 Å². The molecule has 82 valence electrons. The minimum Gasteiger partial charge on any atom is -0.490 e. The normalized spacial score (nSPS) is 16.5. The van der Waals surface area contributed by atoms with Gasteiger partial charge in [0, 0.05) is 5.69 Å². The summed E-state index contributed by atoms with van der Waals surface area (Å²) < 4.78 is 30.8. The fourth-order valence-corrected chi connectivity index (χ4v) is 1.51. The van der Waals surface area contributed by atoms with Gasteiger partial charge >= 0.3 is 0 Å². The van der Waals surface area contributed by atoms with Crippen molar-refractivity contribution < 1.29 is 13.5 Å². The van der Waals surface area contributed by atoms with Crippen molar-refractivity contribution in [3.8, 4) is 5.75 Å². The van der Waals surface area contributed by atoms with Crippen molar-refractivity contribution in [2.75, 3.05) is 5.73 Å². The van der Waals surface area contributed by atoms with Gasteiger partial charge in [0.05, 0.1) is 11.7 Å². The maximum Gasteiger partial charge on any atom is 0.267 e. The summed E-state index contributed by atoms with van der Waals surface area (Å²) >= 11 is 0. The van der Waals surface area contributed by atoms with Gasteiger partial charge in [0.1, 0.15) is 5.75 Å². The van der Waals surface area contributed by atoms with Crippen LogP contribution in [0, 0.1) is 0 Å². The molecule has 0 bridgehead atoms. The molecule has 0 saturated heterocycles. The Morgan fingerprint density at radius 2 is 2.07 bits per heavy atom. The molecule has 0 aliphatic heterocycles. The van der Waals surface area contributed by atoms with Gasteiger partial charge in [-0.05, 0) is 37.5 Å². The summed E-state index contributed by atoms with van der Waals surface area (Å²) in [5.74, 6) is 0.268. The van der Waals surface area contributed by atoms with Crippen LogP contribution in [0.3, 0.4) is 0 Å². The van der Waals surface area contributed by atoms with Crippen LogP contribution in [0.5, 0.6) is 5.75 Å². The Morgan fingerprint density at radius 1 is 1.33 bits per heavy atom.